The lowest BCUT2D eigenvalue weighted by molar-refractivity contribution is 0.0512. The molecule has 0 aliphatic heterocycles. The number of thiophene rings is 1. The number of hydrogen-bond acceptors (Lipinski definition) is 6. The summed E-state index contributed by atoms with van der Waals surface area (Å²) < 4.78 is 10.3. The van der Waals surface area contributed by atoms with Gasteiger partial charge in [-0.25, -0.2) is 4.79 Å². The maximum absolute atomic E-state index is 13.0. The van der Waals surface area contributed by atoms with E-state index < -0.39 is 11.7 Å². The Morgan fingerprint density at radius 3 is 2.61 bits per heavy atom. The van der Waals surface area contributed by atoms with Crippen LogP contribution in [0.2, 0.25) is 0 Å². The van der Waals surface area contributed by atoms with Crippen LogP contribution in [0.25, 0.3) is 0 Å². The number of hydrogen-bond donors (Lipinski definition) is 2. The molecule has 1 aromatic carbocycles. The Bertz CT molecular complexity index is 799. The fourth-order valence-corrected chi connectivity index (χ4v) is 3.16. The van der Waals surface area contributed by atoms with Gasteiger partial charge in [0.2, 0.25) is 0 Å². The standard InChI is InChI=1S/C20H26N2O5S/c1-20(2,3)27-19(25)21-9-10-22(13-15-6-5-11-28-15)18(24)14-7-8-16(23)17(12-14)26-4/h5-8,11-12,23H,9-10,13H2,1-4H3,(H,21,25). The summed E-state index contributed by atoms with van der Waals surface area (Å²) in [4.78, 5) is 27.5. The monoisotopic (exact) mass is 406 g/mol. The van der Waals surface area contributed by atoms with Gasteiger partial charge < -0.3 is 24.8 Å². The van der Waals surface area contributed by atoms with Crippen LogP contribution in [0.4, 0.5) is 4.79 Å². The summed E-state index contributed by atoms with van der Waals surface area (Å²) in [5.41, 5.74) is -0.192. The molecule has 0 unspecified atom stereocenters. The molecule has 2 N–H and O–H groups in total. The van der Waals surface area contributed by atoms with Crippen LogP contribution in [0.1, 0.15) is 36.0 Å². The second kappa shape index (κ2) is 9.45. The van der Waals surface area contributed by atoms with Gasteiger partial charge in [0.1, 0.15) is 5.60 Å². The second-order valence-corrected chi connectivity index (χ2v) is 8.15. The topological polar surface area (TPSA) is 88.1 Å². The Kier molecular flexibility index (Phi) is 7.28. The van der Waals surface area contributed by atoms with Crippen molar-refractivity contribution in [1.82, 2.24) is 10.2 Å². The molecule has 0 aliphatic carbocycles. The molecule has 0 saturated heterocycles. The van der Waals surface area contributed by atoms with Gasteiger partial charge in [0.25, 0.3) is 5.91 Å². The van der Waals surface area contributed by atoms with E-state index in [0.29, 0.717) is 18.7 Å². The van der Waals surface area contributed by atoms with Crippen molar-refractivity contribution in [2.45, 2.75) is 32.9 Å². The zero-order valence-electron chi connectivity index (χ0n) is 16.5. The molecule has 8 heteroatoms. The zero-order valence-corrected chi connectivity index (χ0v) is 17.3. The van der Waals surface area contributed by atoms with Gasteiger partial charge in [-0.3, -0.25) is 4.79 Å². The molecule has 0 radical (unpaired) electrons. The molecule has 7 nitrogen and oxygen atoms in total. The lowest BCUT2D eigenvalue weighted by Gasteiger charge is -2.24. The van der Waals surface area contributed by atoms with E-state index in [0.717, 1.165) is 4.88 Å². The molecule has 0 spiro atoms. The average molecular weight is 407 g/mol. The Balaban J connectivity index is 2.08. The number of carbonyl (C=O) groups is 2. The third-order valence-corrected chi connectivity index (χ3v) is 4.55. The third kappa shape index (κ3) is 6.45. The van der Waals surface area contributed by atoms with Crippen LogP contribution in [-0.2, 0) is 11.3 Å². The van der Waals surface area contributed by atoms with Crippen LogP contribution in [0, 0.1) is 0 Å². The molecule has 0 fully saturated rings. The van der Waals surface area contributed by atoms with Crippen molar-refractivity contribution in [3.8, 4) is 11.5 Å². The van der Waals surface area contributed by atoms with E-state index in [1.165, 1.54) is 19.2 Å². The highest BCUT2D eigenvalue weighted by molar-refractivity contribution is 7.09. The summed E-state index contributed by atoms with van der Waals surface area (Å²) in [6.07, 6.45) is -0.526. The van der Waals surface area contributed by atoms with Crippen molar-refractivity contribution in [3.05, 3.63) is 46.2 Å². The number of carbonyl (C=O) groups excluding carboxylic acids is 2. The summed E-state index contributed by atoms with van der Waals surface area (Å²) in [5, 5.41) is 14.4. The highest BCUT2D eigenvalue weighted by Gasteiger charge is 2.20. The zero-order chi connectivity index (χ0) is 20.7. The molecule has 1 heterocycles. The van der Waals surface area contributed by atoms with Gasteiger partial charge in [-0.15, -0.1) is 11.3 Å². The minimum Gasteiger partial charge on any atom is -0.504 e. The van der Waals surface area contributed by atoms with E-state index in [1.807, 2.05) is 17.5 Å². The largest absolute Gasteiger partial charge is 0.504 e. The number of phenolic OH excluding ortho intramolecular Hbond substituents is 1. The molecule has 0 saturated carbocycles. The van der Waals surface area contributed by atoms with Crippen LogP contribution in [0.5, 0.6) is 11.5 Å². The van der Waals surface area contributed by atoms with E-state index in [-0.39, 0.29) is 24.0 Å². The molecule has 2 rings (SSSR count). The Morgan fingerprint density at radius 2 is 2.00 bits per heavy atom. The van der Waals surface area contributed by atoms with Crippen molar-refractivity contribution < 1.29 is 24.2 Å². The number of amides is 2. The average Bonchev–Trinajstić information content (AvgIpc) is 3.12. The fraction of sp³-hybridized carbons (Fsp3) is 0.400. The Labute approximate surface area is 168 Å². The van der Waals surface area contributed by atoms with E-state index >= 15 is 0 Å². The lowest BCUT2D eigenvalue weighted by atomic mass is 10.1. The van der Waals surface area contributed by atoms with Gasteiger partial charge in [-0.1, -0.05) is 6.07 Å². The predicted molar refractivity (Wildman–Crippen MR) is 108 cm³/mol. The molecular formula is C20H26N2O5S. The predicted octanol–water partition coefficient (Wildman–Crippen LogP) is 3.63. The quantitative estimate of drug-likeness (QED) is 0.733. The van der Waals surface area contributed by atoms with Crippen LogP contribution in [0.3, 0.4) is 0 Å². The molecule has 28 heavy (non-hydrogen) atoms. The first-order chi connectivity index (χ1) is 13.2. The summed E-state index contributed by atoms with van der Waals surface area (Å²) >= 11 is 1.55. The number of nitrogens with one attached hydrogen (secondary N) is 1. The summed E-state index contributed by atoms with van der Waals surface area (Å²) in [7, 11) is 1.43. The Morgan fingerprint density at radius 1 is 1.25 bits per heavy atom. The van der Waals surface area contributed by atoms with E-state index in [2.05, 4.69) is 5.32 Å². The molecule has 0 aliphatic rings. The van der Waals surface area contributed by atoms with Crippen LogP contribution in [0.15, 0.2) is 35.7 Å². The number of rotatable bonds is 7. The number of ether oxygens (including phenoxy) is 2. The summed E-state index contributed by atoms with van der Waals surface area (Å²) in [6, 6.07) is 8.34. The lowest BCUT2D eigenvalue weighted by Crippen LogP contribution is -2.40. The number of methoxy groups -OCH3 is 1. The summed E-state index contributed by atoms with van der Waals surface area (Å²) in [6.45, 7) is 6.34. The Hall–Kier alpha value is -2.74. The van der Waals surface area contributed by atoms with Gasteiger partial charge in [-0.05, 0) is 50.4 Å². The number of phenols is 1. The van der Waals surface area contributed by atoms with E-state index in [4.69, 9.17) is 9.47 Å². The van der Waals surface area contributed by atoms with Crippen molar-refractivity contribution >= 4 is 23.3 Å². The number of benzene rings is 1. The van der Waals surface area contributed by atoms with Gasteiger partial charge in [-0.2, -0.15) is 0 Å². The normalized spacial score (nSPS) is 11.0. The first-order valence-electron chi connectivity index (χ1n) is 8.85. The number of nitrogens with zero attached hydrogens (tertiary/aromatic N) is 1. The van der Waals surface area contributed by atoms with Crippen LogP contribution >= 0.6 is 11.3 Å². The number of aromatic hydroxyl groups is 1. The van der Waals surface area contributed by atoms with E-state index in [9.17, 15) is 14.7 Å². The minimum absolute atomic E-state index is 0.0320. The van der Waals surface area contributed by atoms with Crippen molar-refractivity contribution in [3.63, 3.8) is 0 Å². The molecule has 2 amide bonds. The maximum atomic E-state index is 13.0. The molecule has 0 bridgehead atoms. The van der Waals surface area contributed by atoms with Crippen LogP contribution < -0.4 is 10.1 Å². The molecule has 152 valence electrons. The van der Waals surface area contributed by atoms with Crippen molar-refractivity contribution in [2.75, 3.05) is 20.2 Å². The van der Waals surface area contributed by atoms with Crippen molar-refractivity contribution in [2.24, 2.45) is 0 Å². The SMILES string of the molecule is COc1cc(C(=O)N(CCNC(=O)OC(C)(C)C)Cc2cccs2)ccc1O. The first kappa shape index (κ1) is 21.6. The minimum atomic E-state index is -0.584. The fourth-order valence-electron chi connectivity index (χ4n) is 2.44. The smallest absolute Gasteiger partial charge is 0.407 e. The molecule has 1 aromatic heterocycles. The first-order valence-corrected chi connectivity index (χ1v) is 9.73. The maximum Gasteiger partial charge on any atom is 0.407 e. The second-order valence-electron chi connectivity index (χ2n) is 7.12. The summed E-state index contributed by atoms with van der Waals surface area (Å²) in [5.74, 6) is -0.0260. The number of alkyl carbamates (subject to hydrolysis) is 1. The molecule has 2 aromatic rings. The van der Waals surface area contributed by atoms with Gasteiger partial charge in [0.15, 0.2) is 11.5 Å². The van der Waals surface area contributed by atoms with Gasteiger partial charge in [0.05, 0.1) is 13.7 Å². The highest BCUT2D eigenvalue weighted by Crippen LogP contribution is 2.27. The van der Waals surface area contributed by atoms with Crippen LogP contribution in [-0.4, -0.2) is 47.8 Å². The molecule has 0 atom stereocenters. The third-order valence-electron chi connectivity index (χ3n) is 3.69. The van der Waals surface area contributed by atoms with E-state index in [1.54, 1.807) is 43.1 Å². The van der Waals surface area contributed by atoms with Gasteiger partial charge in [0, 0.05) is 23.5 Å². The molecular weight excluding hydrogens is 380 g/mol. The van der Waals surface area contributed by atoms with Crippen molar-refractivity contribution in [1.29, 1.82) is 0 Å². The van der Waals surface area contributed by atoms with Gasteiger partial charge >= 0.3 is 6.09 Å². The highest BCUT2D eigenvalue weighted by atomic mass is 32.1.